The number of halogens is 1. The van der Waals surface area contributed by atoms with Crippen molar-refractivity contribution in [3.63, 3.8) is 0 Å². The molecule has 1 rings (SSSR count). The molecule has 5 N–H and O–H groups in total. The highest BCUT2D eigenvalue weighted by atomic mass is 35.5. The minimum Gasteiger partial charge on any atom is -0.480 e. The van der Waals surface area contributed by atoms with E-state index in [-0.39, 0.29) is 10.8 Å². The molecule has 0 aliphatic heterocycles. The Morgan fingerprint density at radius 2 is 1.82 bits per heavy atom. The summed E-state index contributed by atoms with van der Waals surface area (Å²) < 4.78 is 26.8. The van der Waals surface area contributed by atoms with Gasteiger partial charge in [-0.15, -0.1) is 0 Å². The highest BCUT2D eigenvalue weighted by Crippen LogP contribution is 2.27. The molecule has 1 aromatic rings. The van der Waals surface area contributed by atoms with Gasteiger partial charge >= 0.3 is 11.9 Å². The highest BCUT2D eigenvalue weighted by molar-refractivity contribution is 7.89. The summed E-state index contributed by atoms with van der Waals surface area (Å²) in [6.07, 6.45) is -1.07. The zero-order valence-corrected chi connectivity index (χ0v) is 19.0. The Bertz CT molecular complexity index is 1050. The smallest absolute Gasteiger partial charge is 0.322 e. The predicted octanol–water partition coefficient (Wildman–Crippen LogP) is -0.625. The van der Waals surface area contributed by atoms with Gasteiger partial charge in [0, 0.05) is 18.2 Å². The molecular weight excluding hydrogens is 508 g/mol. The summed E-state index contributed by atoms with van der Waals surface area (Å²) in [6.45, 7) is -0.690. The topological polar surface area (TPSA) is 222 Å². The molecule has 0 spiro atoms. The van der Waals surface area contributed by atoms with Crippen LogP contribution < -0.4 is 15.4 Å². The van der Waals surface area contributed by atoms with Crippen molar-refractivity contribution in [1.82, 2.24) is 15.4 Å². The summed E-state index contributed by atoms with van der Waals surface area (Å²) in [7, 11) is -4.54. The lowest BCUT2D eigenvalue weighted by Crippen LogP contribution is -2.49. The van der Waals surface area contributed by atoms with Crippen LogP contribution in [0.4, 0.5) is 5.69 Å². The number of thiol groups is 1. The van der Waals surface area contributed by atoms with Gasteiger partial charge in [-0.1, -0.05) is 11.6 Å². The molecule has 0 aromatic heterocycles. The van der Waals surface area contributed by atoms with Crippen LogP contribution in [-0.4, -0.2) is 71.7 Å². The molecule has 0 fully saturated rings. The fourth-order valence-electron chi connectivity index (χ4n) is 2.31. The number of rotatable bonds is 13. The fourth-order valence-corrected chi connectivity index (χ4v) is 4.00. The van der Waals surface area contributed by atoms with Gasteiger partial charge in [0.15, 0.2) is 0 Å². The predicted molar refractivity (Wildman–Crippen MR) is 116 cm³/mol. The van der Waals surface area contributed by atoms with E-state index in [0.29, 0.717) is 6.07 Å². The summed E-state index contributed by atoms with van der Waals surface area (Å²) in [4.78, 5) is 55.3. The maximum atomic E-state index is 12.5. The van der Waals surface area contributed by atoms with E-state index < -0.39 is 80.8 Å². The summed E-state index contributed by atoms with van der Waals surface area (Å²) >= 11 is 9.51. The second-order valence-electron chi connectivity index (χ2n) is 6.34. The second-order valence-corrected chi connectivity index (χ2v) is 8.82. The quantitative estimate of drug-likeness (QED) is 0.108. The number of hydrogen-bond donors (Lipinski definition) is 6. The molecular formula is C16H19ClN4O10S2. The number of carboxylic acids is 2. The van der Waals surface area contributed by atoms with Crippen molar-refractivity contribution in [2.24, 2.45) is 0 Å². The van der Waals surface area contributed by atoms with Gasteiger partial charge in [0.05, 0.1) is 9.82 Å². The standard InChI is InChI=1S/C16H19ClN4O10S2/c17-9-2-1-8(5-12(9)21(28)29)33(30,31)20-10(16(26)27)3-4-13(22)19-11(7-32)15(25)18-6-14(23)24/h1-2,5,10-11,20,32H,3-4,6-7H2,(H,18,25)(H,19,22)(H,23,24)(H,26,27)/t10-,11-/m0/s1. The Kier molecular flexibility index (Phi) is 10.5. The molecule has 17 heteroatoms. The van der Waals surface area contributed by atoms with Crippen LogP contribution in [0.15, 0.2) is 23.1 Å². The van der Waals surface area contributed by atoms with Gasteiger partial charge in [-0.3, -0.25) is 29.3 Å². The van der Waals surface area contributed by atoms with Gasteiger partial charge in [0.2, 0.25) is 21.8 Å². The number of carbonyl (C=O) groups is 4. The minimum absolute atomic E-state index is 0.193. The van der Waals surface area contributed by atoms with E-state index >= 15 is 0 Å². The lowest BCUT2D eigenvalue weighted by Gasteiger charge is -2.17. The summed E-state index contributed by atoms with van der Waals surface area (Å²) in [6, 6.07) is -0.440. The molecule has 0 aliphatic rings. The first-order valence-corrected chi connectivity index (χ1v) is 11.4. The van der Waals surface area contributed by atoms with Crippen LogP contribution in [-0.2, 0) is 29.2 Å². The van der Waals surface area contributed by atoms with E-state index in [0.717, 1.165) is 12.1 Å². The Morgan fingerprint density at radius 1 is 1.18 bits per heavy atom. The van der Waals surface area contributed by atoms with Crippen LogP contribution in [0.25, 0.3) is 0 Å². The first kappa shape index (κ1) is 28.1. The van der Waals surface area contributed by atoms with Crippen molar-refractivity contribution in [3.05, 3.63) is 33.3 Å². The maximum Gasteiger partial charge on any atom is 0.322 e. The number of benzene rings is 1. The third kappa shape index (κ3) is 8.83. The second kappa shape index (κ2) is 12.3. The fraction of sp³-hybridized carbons (Fsp3) is 0.375. The van der Waals surface area contributed by atoms with Gasteiger partial charge in [0.1, 0.15) is 23.7 Å². The van der Waals surface area contributed by atoms with Gasteiger partial charge in [-0.2, -0.15) is 17.4 Å². The Morgan fingerprint density at radius 3 is 2.33 bits per heavy atom. The molecule has 182 valence electrons. The number of nitro groups is 1. The number of hydrogen-bond acceptors (Lipinski definition) is 9. The largest absolute Gasteiger partial charge is 0.480 e. The van der Waals surface area contributed by atoms with E-state index in [2.05, 4.69) is 17.9 Å². The van der Waals surface area contributed by atoms with Crippen molar-refractivity contribution < 1.29 is 42.7 Å². The zero-order valence-electron chi connectivity index (χ0n) is 16.6. The molecule has 0 saturated carbocycles. The van der Waals surface area contributed by atoms with E-state index in [1.807, 2.05) is 10.0 Å². The van der Waals surface area contributed by atoms with Crippen molar-refractivity contribution in [2.75, 3.05) is 12.3 Å². The Labute approximate surface area is 197 Å². The summed E-state index contributed by atoms with van der Waals surface area (Å²) in [5.74, 6) is -4.79. The minimum atomic E-state index is -4.54. The average Bonchev–Trinajstić information content (AvgIpc) is 2.72. The lowest BCUT2D eigenvalue weighted by atomic mass is 10.1. The van der Waals surface area contributed by atoms with E-state index in [4.69, 9.17) is 16.7 Å². The van der Waals surface area contributed by atoms with Crippen LogP contribution in [0, 0.1) is 10.1 Å². The first-order chi connectivity index (χ1) is 15.3. The molecule has 0 bridgehead atoms. The molecule has 33 heavy (non-hydrogen) atoms. The Hall–Kier alpha value is -2.95. The van der Waals surface area contributed by atoms with Gasteiger partial charge < -0.3 is 20.8 Å². The number of aliphatic carboxylic acids is 2. The average molecular weight is 527 g/mol. The van der Waals surface area contributed by atoms with Crippen LogP contribution in [0.3, 0.4) is 0 Å². The normalized spacial score (nSPS) is 12.9. The third-order valence-electron chi connectivity index (χ3n) is 3.93. The molecule has 0 radical (unpaired) electrons. The molecule has 0 saturated heterocycles. The van der Waals surface area contributed by atoms with Gasteiger partial charge in [-0.05, 0) is 18.6 Å². The molecule has 2 atom stereocenters. The monoisotopic (exact) mass is 526 g/mol. The number of nitrogens with one attached hydrogen (secondary N) is 3. The summed E-state index contributed by atoms with van der Waals surface area (Å²) in [5, 5.41) is 32.7. The van der Waals surface area contributed by atoms with E-state index in [1.54, 1.807) is 0 Å². The van der Waals surface area contributed by atoms with Gasteiger partial charge in [-0.25, -0.2) is 8.42 Å². The van der Waals surface area contributed by atoms with E-state index in [1.165, 1.54) is 0 Å². The van der Waals surface area contributed by atoms with Crippen LogP contribution in [0.1, 0.15) is 12.8 Å². The van der Waals surface area contributed by atoms with Gasteiger partial charge in [0.25, 0.3) is 5.69 Å². The lowest BCUT2D eigenvalue weighted by molar-refractivity contribution is -0.384. The summed E-state index contributed by atoms with van der Waals surface area (Å²) in [5.41, 5.74) is -0.704. The molecule has 0 unspecified atom stereocenters. The number of carboxylic acid groups (broad SMARTS) is 2. The van der Waals surface area contributed by atoms with Crippen LogP contribution in [0.5, 0.6) is 0 Å². The molecule has 14 nitrogen and oxygen atoms in total. The number of amides is 2. The van der Waals surface area contributed by atoms with E-state index in [9.17, 15) is 42.8 Å². The molecule has 1 aromatic carbocycles. The Balaban J connectivity index is 2.84. The van der Waals surface area contributed by atoms with Crippen molar-refractivity contribution in [1.29, 1.82) is 0 Å². The zero-order chi connectivity index (χ0) is 25.3. The third-order valence-corrected chi connectivity index (χ3v) is 6.08. The van der Waals surface area contributed by atoms with Crippen LogP contribution in [0.2, 0.25) is 5.02 Å². The first-order valence-electron chi connectivity index (χ1n) is 8.87. The molecule has 0 heterocycles. The number of nitrogens with zero attached hydrogens (tertiary/aromatic N) is 1. The molecule has 2 amide bonds. The van der Waals surface area contributed by atoms with Crippen molar-refractivity contribution in [2.45, 2.75) is 29.8 Å². The molecule has 0 aliphatic carbocycles. The number of sulfonamides is 1. The SMILES string of the molecule is O=C(O)CNC(=O)[C@H](CS)NC(=O)CC[C@H](NS(=O)(=O)c1ccc(Cl)c([N+](=O)[O-])c1)C(=O)O. The maximum absolute atomic E-state index is 12.5. The number of nitro benzene ring substituents is 1. The number of carbonyl (C=O) groups excluding carboxylic acids is 2. The highest BCUT2D eigenvalue weighted by Gasteiger charge is 2.28. The van der Waals surface area contributed by atoms with Crippen LogP contribution >= 0.6 is 24.2 Å². The van der Waals surface area contributed by atoms with Crippen molar-refractivity contribution in [3.8, 4) is 0 Å². The van der Waals surface area contributed by atoms with Crippen molar-refractivity contribution >= 4 is 63.7 Å².